The number of halogens is 1. The van der Waals surface area contributed by atoms with Crippen LogP contribution in [0, 0.1) is 0 Å². The number of methoxy groups -OCH3 is 1. The molecule has 7 heteroatoms. The second-order valence-corrected chi connectivity index (χ2v) is 7.57. The molecule has 0 saturated carbocycles. The molecule has 0 aliphatic carbocycles. The largest absolute Gasteiger partial charge is 0.383 e. The minimum Gasteiger partial charge on any atom is -0.383 e. The Bertz CT molecular complexity index is 995. The minimum absolute atomic E-state index is 0.0645. The van der Waals surface area contributed by atoms with Gasteiger partial charge < -0.3 is 24.4 Å². The van der Waals surface area contributed by atoms with E-state index >= 15 is 0 Å². The smallest absolute Gasteiger partial charge is 0.322 e. The highest BCUT2D eigenvalue weighted by Crippen LogP contribution is 2.26. The van der Waals surface area contributed by atoms with Gasteiger partial charge >= 0.3 is 6.03 Å². The Kier molecular flexibility index (Phi) is 5.92. The molecule has 1 aliphatic heterocycles. The molecule has 0 radical (unpaired) electrons. The molecule has 2 heterocycles. The Labute approximate surface area is 175 Å². The monoisotopic (exact) mass is 412 g/mol. The first-order chi connectivity index (χ1) is 14.2. The predicted molar refractivity (Wildman–Crippen MR) is 118 cm³/mol. The second-order valence-electron chi connectivity index (χ2n) is 7.13. The zero-order valence-corrected chi connectivity index (χ0v) is 17.2. The zero-order chi connectivity index (χ0) is 20.2. The topological polar surface area (TPSA) is 49.7 Å². The highest BCUT2D eigenvalue weighted by atomic mass is 35.5. The summed E-state index contributed by atoms with van der Waals surface area (Å²) in [5.41, 5.74) is 3.02. The fourth-order valence-corrected chi connectivity index (χ4v) is 3.94. The number of benzene rings is 2. The molecule has 0 atom stereocenters. The van der Waals surface area contributed by atoms with Crippen LogP contribution in [0.15, 0.2) is 54.7 Å². The summed E-state index contributed by atoms with van der Waals surface area (Å²) >= 11 is 6.10. The van der Waals surface area contributed by atoms with Gasteiger partial charge in [0, 0.05) is 62.1 Å². The first kappa shape index (κ1) is 19.6. The number of carbonyl (C=O) groups is 1. The maximum atomic E-state index is 12.9. The number of amides is 2. The lowest BCUT2D eigenvalue weighted by atomic mass is 10.2. The number of hydrogen-bond acceptors (Lipinski definition) is 3. The predicted octanol–water partition coefficient (Wildman–Crippen LogP) is 4.30. The molecule has 1 saturated heterocycles. The van der Waals surface area contributed by atoms with Gasteiger partial charge in [0.15, 0.2) is 0 Å². The van der Waals surface area contributed by atoms with E-state index in [4.69, 9.17) is 16.3 Å². The van der Waals surface area contributed by atoms with E-state index in [1.165, 1.54) is 0 Å². The van der Waals surface area contributed by atoms with Crippen molar-refractivity contribution in [2.24, 2.45) is 0 Å². The summed E-state index contributed by atoms with van der Waals surface area (Å²) in [5.74, 6) is 0. The van der Waals surface area contributed by atoms with Crippen LogP contribution in [-0.4, -0.2) is 55.4 Å². The third kappa shape index (κ3) is 4.33. The van der Waals surface area contributed by atoms with E-state index in [2.05, 4.69) is 26.9 Å². The van der Waals surface area contributed by atoms with Gasteiger partial charge in [0.2, 0.25) is 0 Å². The number of piperazine rings is 1. The van der Waals surface area contributed by atoms with Crippen LogP contribution in [0.5, 0.6) is 0 Å². The van der Waals surface area contributed by atoms with Crippen LogP contribution in [-0.2, 0) is 11.3 Å². The van der Waals surface area contributed by atoms with E-state index in [1.54, 1.807) is 7.11 Å². The zero-order valence-electron chi connectivity index (χ0n) is 16.5. The molecule has 152 valence electrons. The van der Waals surface area contributed by atoms with E-state index in [1.807, 2.05) is 47.5 Å². The van der Waals surface area contributed by atoms with E-state index in [-0.39, 0.29) is 6.03 Å². The molecule has 1 aromatic heterocycles. The fraction of sp³-hybridized carbons (Fsp3) is 0.318. The Hall–Kier alpha value is -2.70. The molecule has 0 bridgehead atoms. The number of carbonyl (C=O) groups excluding carboxylic acids is 1. The lowest BCUT2D eigenvalue weighted by Crippen LogP contribution is -2.50. The first-order valence-corrected chi connectivity index (χ1v) is 10.2. The Morgan fingerprint density at radius 2 is 1.90 bits per heavy atom. The Morgan fingerprint density at radius 1 is 1.10 bits per heavy atom. The maximum absolute atomic E-state index is 12.9. The van der Waals surface area contributed by atoms with Gasteiger partial charge in [-0.1, -0.05) is 35.9 Å². The standard InChI is InChI=1S/C22H25ClN4O2/c1-29-14-13-27-16-20(19-7-2-3-8-21(19)27)24-22(28)26-11-9-25(10-12-26)18-6-4-5-17(23)15-18/h2-8,15-16H,9-14H2,1H3,(H,24,28). The number of hydrogen-bond donors (Lipinski definition) is 1. The Balaban J connectivity index is 1.42. The van der Waals surface area contributed by atoms with Crippen molar-refractivity contribution in [2.45, 2.75) is 6.54 Å². The number of rotatable bonds is 5. The van der Waals surface area contributed by atoms with E-state index in [9.17, 15) is 4.79 Å². The highest BCUT2D eigenvalue weighted by Gasteiger charge is 2.22. The van der Waals surface area contributed by atoms with E-state index in [0.29, 0.717) is 19.7 Å². The van der Waals surface area contributed by atoms with Crippen molar-refractivity contribution in [3.63, 3.8) is 0 Å². The number of anilines is 2. The summed E-state index contributed by atoms with van der Waals surface area (Å²) < 4.78 is 7.32. The summed E-state index contributed by atoms with van der Waals surface area (Å²) in [6.45, 7) is 4.26. The molecule has 0 unspecified atom stereocenters. The van der Waals surface area contributed by atoms with Crippen molar-refractivity contribution in [2.75, 3.05) is 50.1 Å². The average molecular weight is 413 g/mol. The van der Waals surface area contributed by atoms with Crippen LogP contribution in [0.25, 0.3) is 10.9 Å². The van der Waals surface area contributed by atoms with Crippen molar-refractivity contribution in [3.8, 4) is 0 Å². The second kappa shape index (κ2) is 8.76. The Morgan fingerprint density at radius 3 is 2.66 bits per heavy atom. The maximum Gasteiger partial charge on any atom is 0.322 e. The third-order valence-corrected chi connectivity index (χ3v) is 5.54. The summed E-state index contributed by atoms with van der Waals surface area (Å²) in [7, 11) is 1.69. The number of ether oxygens (including phenoxy) is 1. The molecule has 1 aliphatic rings. The molecular weight excluding hydrogens is 388 g/mol. The summed E-state index contributed by atoms with van der Waals surface area (Å²) in [6.07, 6.45) is 1.99. The van der Waals surface area contributed by atoms with Crippen LogP contribution >= 0.6 is 11.6 Å². The summed E-state index contributed by atoms with van der Waals surface area (Å²) in [6, 6.07) is 15.9. The number of fused-ring (bicyclic) bond motifs is 1. The third-order valence-electron chi connectivity index (χ3n) is 5.31. The lowest BCUT2D eigenvalue weighted by Gasteiger charge is -2.36. The average Bonchev–Trinajstić information content (AvgIpc) is 3.10. The molecule has 6 nitrogen and oxygen atoms in total. The van der Waals surface area contributed by atoms with Crippen LogP contribution in [0.2, 0.25) is 5.02 Å². The van der Waals surface area contributed by atoms with Gasteiger partial charge in [0.1, 0.15) is 0 Å². The van der Waals surface area contributed by atoms with Gasteiger partial charge in [-0.05, 0) is 24.3 Å². The SMILES string of the molecule is COCCn1cc(NC(=O)N2CCN(c3cccc(Cl)c3)CC2)c2ccccc21. The molecule has 4 rings (SSSR count). The van der Waals surface area contributed by atoms with Gasteiger partial charge in [-0.15, -0.1) is 0 Å². The van der Waals surface area contributed by atoms with Gasteiger partial charge in [-0.3, -0.25) is 0 Å². The van der Waals surface area contributed by atoms with Crippen LogP contribution < -0.4 is 10.2 Å². The molecule has 1 fully saturated rings. The minimum atomic E-state index is -0.0645. The summed E-state index contributed by atoms with van der Waals surface area (Å²) in [4.78, 5) is 17.0. The van der Waals surface area contributed by atoms with E-state index in [0.717, 1.165) is 46.9 Å². The fourth-order valence-electron chi connectivity index (χ4n) is 3.76. The van der Waals surface area contributed by atoms with Gasteiger partial charge in [-0.2, -0.15) is 0 Å². The number of nitrogens with zero attached hydrogens (tertiary/aromatic N) is 3. The summed E-state index contributed by atoms with van der Waals surface area (Å²) in [5, 5.41) is 4.87. The molecular formula is C22H25ClN4O2. The molecule has 0 spiro atoms. The quantitative estimate of drug-likeness (QED) is 0.679. The van der Waals surface area contributed by atoms with Crippen LogP contribution in [0.1, 0.15) is 0 Å². The lowest BCUT2D eigenvalue weighted by molar-refractivity contribution is 0.188. The van der Waals surface area contributed by atoms with Crippen molar-refractivity contribution >= 4 is 39.9 Å². The van der Waals surface area contributed by atoms with Crippen LogP contribution in [0.3, 0.4) is 0 Å². The number of para-hydroxylation sites is 1. The van der Waals surface area contributed by atoms with Crippen molar-refractivity contribution in [1.82, 2.24) is 9.47 Å². The highest BCUT2D eigenvalue weighted by molar-refractivity contribution is 6.30. The van der Waals surface area contributed by atoms with Gasteiger partial charge in [0.05, 0.1) is 17.8 Å². The van der Waals surface area contributed by atoms with Crippen molar-refractivity contribution in [1.29, 1.82) is 0 Å². The molecule has 2 aromatic carbocycles. The number of nitrogens with one attached hydrogen (secondary N) is 1. The van der Waals surface area contributed by atoms with Crippen molar-refractivity contribution in [3.05, 3.63) is 59.8 Å². The normalized spacial score (nSPS) is 14.4. The van der Waals surface area contributed by atoms with Crippen molar-refractivity contribution < 1.29 is 9.53 Å². The first-order valence-electron chi connectivity index (χ1n) is 9.79. The van der Waals surface area contributed by atoms with E-state index < -0.39 is 0 Å². The number of urea groups is 1. The molecule has 3 aromatic rings. The number of aromatic nitrogens is 1. The molecule has 29 heavy (non-hydrogen) atoms. The molecule has 2 amide bonds. The van der Waals surface area contributed by atoms with Gasteiger partial charge in [-0.25, -0.2) is 4.79 Å². The molecule has 1 N–H and O–H groups in total. The van der Waals surface area contributed by atoms with Crippen LogP contribution in [0.4, 0.5) is 16.2 Å². The van der Waals surface area contributed by atoms with Gasteiger partial charge in [0.25, 0.3) is 0 Å².